The van der Waals surface area contributed by atoms with Crippen LogP contribution >= 0.6 is 11.3 Å². The molecule has 1 aliphatic rings. The van der Waals surface area contributed by atoms with Gasteiger partial charge in [-0.05, 0) is 37.5 Å². The van der Waals surface area contributed by atoms with Crippen molar-refractivity contribution in [1.29, 1.82) is 0 Å². The molecule has 1 aromatic heterocycles. The summed E-state index contributed by atoms with van der Waals surface area (Å²) in [5.74, 6) is -0.282. The number of carbonyl (C=O) groups is 1. The Morgan fingerprint density at radius 2 is 1.96 bits per heavy atom. The summed E-state index contributed by atoms with van der Waals surface area (Å²) >= 11 is 1.69. The van der Waals surface area contributed by atoms with Crippen LogP contribution < -0.4 is 0 Å². The average Bonchev–Trinajstić information content (AvgIpc) is 3.16. The highest BCUT2D eigenvalue weighted by molar-refractivity contribution is 7.91. The molecule has 3 rings (SSSR count). The molecule has 1 fully saturated rings. The highest BCUT2D eigenvalue weighted by Gasteiger charge is 2.35. The minimum absolute atomic E-state index is 0.00284. The summed E-state index contributed by atoms with van der Waals surface area (Å²) in [6.45, 7) is 3.21. The van der Waals surface area contributed by atoms with Crippen molar-refractivity contribution in [2.24, 2.45) is 5.92 Å². The van der Waals surface area contributed by atoms with E-state index in [0.717, 1.165) is 11.3 Å². The van der Waals surface area contributed by atoms with Gasteiger partial charge in [-0.1, -0.05) is 30.3 Å². The van der Waals surface area contributed by atoms with E-state index in [1.54, 1.807) is 11.3 Å². The first-order chi connectivity index (χ1) is 11.9. The Bertz CT molecular complexity index is 827. The second-order valence-corrected chi connectivity index (χ2v) is 10.2. The minimum Gasteiger partial charge on any atom is -0.337 e. The highest BCUT2D eigenvalue weighted by Crippen LogP contribution is 2.24. The van der Waals surface area contributed by atoms with Crippen LogP contribution in [0.4, 0.5) is 0 Å². The summed E-state index contributed by atoms with van der Waals surface area (Å²) < 4.78 is 23.5. The predicted molar refractivity (Wildman–Crippen MR) is 101 cm³/mol. The molecule has 2 heterocycles. The molecule has 2 aromatic rings. The third-order valence-corrected chi connectivity index (χ3v) is 7.30. The molecule has 4 nitrogen and oxygen atoms in total. The van der Waals surface area contributed by atoms with Gasteiger partial charge in [-0.25, -0.2) is 8.42 Å². The molecule has 0 saturated carbocycles. The second kappa shape index (κ2) is 7.70. The van der Waals surface area contributed by atoms with E-state index in [1.165, 1.54) is 10.4 Å². The van der Waals surface area contributed by atoms with Gasteiger partial charge in [-0.2, -0.15) is 0 Å². The van der Waals surface area contributed by atoms with E-state index in [2.05, 4.69) is 18.2 Å². The van der Waals surface area contributed by atoms with Crippen LogP contribution in [-0.2, 0) is 27.6 Å². The molecule has 1 amide bonds. The van der Waals surface area contributed by atoms with E-state index in [0.29, 0.717) is 19.5 Å². The molecule has 0 unspecified atom stereocenters. The van der Waals surface area contributed by atoms with Gasteiger partial charge in [0.25, 0.3) is 0 Å². The summed E-state index contributed by atoms with van der Waals surface area (Å²) in [6, 6.07) is 14.2. The zero-order valence-electron chi connectivity index (χ0n) is 14.3. The number of carbonyl (C=O) groups excluding carboxylic acids is 1. The molecule has 6 heteroatoms. The van der Waals surface area contributed by atoms with Gasteiger partial charge in [-0.3, -0.25) is 4.79 Å². The normalized spacial score (nSPS) is 19.0. The zero-order valence-corrected chi connectivity index (χ0v) is 16.0. The lowest BCUT2D eigenvalue weighted by atomic mass is 10.1. The lowest BCUT2D eigenvalue weighted by Gasteiger charge is -2.25. The van der Waals surface area contributed by atoms with Crippen LogP contribution in [0.1, 0.15) is 21.7 Å². The van der Waals surface area contributed by atoms with E-state index in [4.69, 9.17) is 0 Å². The fraction of sp³-hybridized carbons (Fsp3) is 0.421. The molecule has 0 aliphatic carbocycles. The van der Waals surface area contributed by atoms with E-state index < -0.39 is 9.84 Å². The van der Waals surface area contributed by atoms with Crippen molar-refractivity contribution in [2.75, 3.05) is 18.1 Å². The number of amides is 1. The van der Waals surface area contributed by atoms with Gasteiger partial charge >= 0.3 is 0 Å². The van der Waals surface area contributed by atoms with Crippen molar-refractivity contribution < 1.29 is 13.2 Å². The van der Waals surface area contributed by atoms with Gasteiger partial charge < -0.3 is 4.90 Å². The molecule has 1 aromatic carbocycles. The number of benzene rings is 1. The fourth-order valence-corrected chi connectivity index (χ4v) is 5.82. The van der Waals surface area contributed by atoms with E-state index in [9.17, 15) is 13.2 Å². The Balaban J connectivity index is 1.72. The maximum Gasteiger partial charge on any atom is 0.227 e. The third kappa shape index (κ3) is 4.92. The number of sulfone groups is 1. The Morgan fingerprint density at radius 1 is 1.20 bits per heavy atom. The molecular weight excluding hydrogens is 354 g/mol. The number of thiophene rings is 1. The Hall–Kier alpha value is -1.66. The molecule has 25 heavy (non-hydrogen) atoms. The van der Waals surface area contributed by atoms with Crippen LogP contribution in [0, 0.1) is 12.8 Å². The van der Waals surface area contributed by atoms with Crippen LogP contribution in [-0.4, -0.2) is 37.3 Å². The zero-order chi connectivity index (χ0) is 17.9. The summed E-state index contributed by atoms with van der Waals surface area (Å²) in [4.78, 5) is 17.1. The van der Waals surface area contributed by atoms with E-state index in [1.807, 2.05) is 36.1 Å². The Kier molecular flexibility index (Phi) is 5.59. The lowest BCUT2D eigenvalue weighted by Crippen LogP contribution is -2.37. The topological polar surface area (TPSA) is 54.5 Å². The second-order valence-electron chi connectivity index (χ2n) is 6.61. The molecular formula is C19H23NO3S2. The number of hydrogen-bond acceptors (Lipinski definition) is 4. The van der Waals surface area contributed by atoms with Crippen molar-refractivity contribution in [2.45, 2.75) is 26.3 Å². The Labute approximate surface area is 153 Å². The van der Waals surface area contributed by atoms with Crippen LogP contribution in [0.5, 0.6) is 0 Å². The van der Waals surface area contributed by atoms with E-state index in [-0.39, 0.29) is 23.3 Å². The highest BCUT2D eigenvalue weighted by atomic mass is 32.2. The molecule has 0 N–H and O–H groups in total. The van der Waals surface area contributed by atoms with Crippen LogP contribution in [0.15, 0.2) is 42.5 Å². The maximum atomic E-state index is 12.9. The molecule has 1 atom stereocenters. The SMILES string of the molecule is Cc1ccc(CN(CCc2ccccc2)C(=O)[C@@H]2CCS(=O)(=O)C2)s1. The first-order valence-corrected chi connectivity index (χ1v) is 11.2. The molecule has 0 spiro atoms. The standard InChI is InChI=1S/C19H23NO3S2/c1-15-7-8-18(24-15)13-20(11-9-16-5-3-2-4-6-16)19(21)17-10-12-25(22,23)14-17/h2-8,17H,9-14H2,1H3/t17-/m1/s1. The van der Waals surface area contributed by atoms with Crippen molar-refractivity contribution in [1.82, 2.24) is 4.90 Å². The largest absolute Gasteiger partial charge is 0.337 e. The minimum atomic E-state index is -3.05. The van der Waals surface area contributed by atoms with Gasteiger partial charge in [0.05, 0.1) is 24.0 Å². The first kappa shape index (κ1) is 18.1. The summed E-state index contributed by atoms with van der Waals surface area (Å²) in [5.41, 5.74) is 1.18. The van der Waals surface area contributed by atoms with Crippen molar-refractivity contribution in [3.8, 4) is 0 Å². The summed E-state index contributed by atoms with van der Waals surface area (Å²) in [6.07, 6.45) is 1.23. The van der Waals surface area contributed by atoms with Crippen molar-refractivity contribution >= 4 is 27.1 Å². The lowest BCUT2D eigenvalue weighted by molar-refractivity contribution is -0.135. The number of hydrogen-bond donors (Lipinski definition) is 0. The van der Waals surface area contributed by atoms with Crippen molar-refractivity contribution in [3.05, 3.63) is 57.8 Å². The molecule has 0 bridgehead atoms. The molecule has 0 radical (unpaired) electrons. The van der Waals surface area contributed by atoms with Gasteiger partial charge in [0.2, 0.25) is 5.91 Å². The predicted octanol–water partition coefficient (Wildman–Crippen LogP) is 3.06. The van der Waals surface area contributed by atoms with E-state index >= 15 is 0 Å². The number of nitrogens with zero attached hydrogens (tertiary/aromatic N) is 1. The molecule has 1 saturated heterocycles. The molecule has 1 aliphatic heterocycles. The molecule has 134 valence electrons. The first-order valence-electron chi connectivity index (χ1n) is 8.51. The fourth-order valence-electron chi connectivity index (χ4n) is 3.18. The van der Waals surface area contributed by atoms with Gasteiger partial charge in [0.1, 0.15) is 0 Å². The third-order valence-electron chi connectivity index (χ3n) is 4.55. The summed E-state index contributed by atoms with van der Waals surface area (Å²) in [7, 11) is -3.05. The van der Waals surface area contributed by atoms with Gasteiger partial charge in [0.15, 0.2) is 9.84 Å². The average molecular weight is 378 g/mol. The monoisotopic (exact) mass is 377 g/mol. The summed E-state index contributed by atoms with van der Waals surface area (Å²) in [5, 5.41) is 0. The number of aryl methyl sites for hydroxylation is 1. The van der Waals surface area contributed by atoms with Crippen LogP contribution in [0.2, 0.25) is 0 Å². The van der Waals surface area contributed by atoms with Gasteiger partial charge in [-0.15, -0.1) is 11.3 Å². The van der Waals surface area contributed by atoms with Crippen LogP contribution in [0.25, 0.3) is 0 Å². The smallest absolute Gasteiger partial charge is 0.227 e. The van der Waals surface area contributed by atoms with Crippen LogP contribution in [0.3, 0.4) is 0 Å². The quantitative estimate of drug-likeness (QED) is 0.777. The number of rotatable bonds is 6. The maximum absolute atomic E-state index is 12.9. The van der Waals surface area contributed by atoms with Gasteiger partial charge in [0, 0.05) is 16.3 Å². The van der Waals surface area contributed by atoms with Crippen molar-refractivity contribution in [3.63, 3.8) is 0 Å². The Morgan fingerprint density at radius 3 is 2.56 bits per heavy atom.